The van der Waals surface area contributed by atoms with Crippen LogP contribution in [0.5, 0.6) is 5.75 Å². The number of ether oxygens (including phenoxy) is 1. The number of halogens is 1. The van der Waals surface area contributed by atoms with Gasteiger partial charge in [-0.15, -0.1) is 17.5 Å². The number of amides is 1. The van der Waals surface area contributed by atoms with E-state index in [1.165, 1.54) is 0 Å². The minimum absolute atomic E-state index is 0. The second-order valence-corrected chi connectivity index (χ2v) is 6.92. The van der Waals surface area contributed by atoms with E-state index < -0.39 is 6.04 Å². The number of nitrogens with two attached hydrogens (primary N) is 1. The molecule has 0 radical (unpaired) electrons. The monoisotopic (exact) mass is 394 g/mol. The van der Waals surface area contributed by atoms with Gasteiger partial charge in [-0.1, -0.05) is 12.1 Å². The third-order valence-corrected chi connectivity index (χ3v) is 5.08. The molecule has 1 amide bonds. The number of rotatable bonds is 6. The van der Waals surface area contributed by atoms with Crippen molar-refractivity contribution < 1.29 is 9.53 Å². The number of carbonyl (C=O) groups is 1. The highest BCUT2D eigenvalue weighted by atomic mass is 35.5. The standard InChI is InChI=1S/C18H26N6O2.ClH/c1-12-7-15(10-19)11-23(12)18(25)17(24-13(2)20-21-22-24)9-14-5-4-6-16(8-14)26-3;/h4-6,8,12,15,17H,7,9-11,19H2,1-3H3;1H. The van der Waals surface area contributed by atoms with Gasteiger partial charge in [-0.3, -0.25) is 4.79 Å². The van der Waals surface area contributed by atoms with E-state index in [1.807, 2.05) is 36.1 Å². The molecule has 2 heterocycles. The molecular formula is C18H27ClN6O2. The second kappa shape index (κ2) is 9.14. The molecule has 3 unspecified atom stereocenters. The summed E-state index contributed by atoms with van der Waals surface area (Å²) in [6.45, 7) is 5.16. The van der Waals surface area contributed by atoms with Gasteiger partial charge in [0.05, 0.1) is 7.11 Å². The average Bonchev–Trinajstić information content (AvgIpc) is 3.24. The van der Waals surface area contributed by atoms with Gasteiger partial charge in [-0.25, -0.2) is 4.68 Å². The molecule has 1 saturated heterocycles. The van der Waals surface area contributed by atoms with Gasteiger partial charge >= 0.3 is 0 Å². The lowest BCUT2D eigenvalue weighted by Crippen LogP contribution is -2.41. The van der Waals surface area contributed by atoms with E-state index in [9.17, 15) is 4.79 Å². The first-order chi connectivity index (χ1) is 12.5. The van der Waals surface area contributed by atoms with Crippen LogP contribution in [0.4, 0.5) is 0 Å². The second-order valence-electron chi connectivity index (χ2n) is 6.92. The highest BCUT2D eigenvalue weighted by Crippen LogP contribution is 2.27. The molecule has 0 bridgehead atoms. The Bertz CT molecular complexity index is 768. The first kappa shape index (κ1) is 21.1. The minimum atomic E-state index is -0.490. The Balaban J connectivity index is 0.00000261. The molecule has 1 fully saturated rings. The Morgan fingerprint density at radius 1 is 1.44 bits per heavy atom. The fourth-order valence-electron chi connectivity index (χ4n) is 3.64. The third kappa shape index (κ3) is 4.56. The summed E-state index contributed by atoms with van der Waals surface area (Å²) in [5, 5.41) is 11.7. The van der Waals surface area contributed by atoms with E-state index in [4.69, 9.17) is 10.5 Å². The lowest BCUT2D eigenvalue weighted by atomic mass is 10.0. The van der Waals surface area contributed by atoms with Crippen molar-refractivity contribution in [3.05, 3.63) is 35.7 Å². The van der Waals surface area contributed by atoms with Crippen LogP contribution in [-0.2, 0) is 11.2 Å². The van der Waals surface area contributed by atoms with Crippen LogP contribution in [0.2, 0.25) is 0 Å². The summed E-state index contributed by atoms with van der Waals surface area (Å²) >= 11 is 0. The predicted molar refractivity (Wildman–Crippen MR) is 104 cm³/mol. The summed E-state index contributed by atoms with van der Waals surface area (Å²) in [5.74, 6) is 1.77. The van der Waals surface area contributed by atoms with Gasteiger partial charge in [0, 0.05) is 19.0 Å². The number of hydrogen-bond donors (Lipinski definition) is 1. The first-order valence-electron chi connectivity index (χ1n) is 8.91. The van der Waals surface area contributed by atoms with Gasteiger partial charge in [0.25, 0.3) is 0 Å². The Morgan fingerprint density at radius 3 is 2.81 bits per heavy atom. The summed E-state index contributed by atoms with van der Waals surface area (Å²) < 4.78 is 6.92. The van der Waals surface area contributed by atoms with Crippen LogP contribution in [0, 0.1) is 12.8 Å². The number of carbonyl (C=O) groups excluding carboxylic acids is 1. The predicted octanol–water partition coefficient (Wildman–Crippen LogP) is 1.39. The van der Waals surface area contributed by atoms with Crippen molar-refractivity contribution in [1.82, 2.24) is 25.1 Å². The van der Waals surface area contributed by atoms with Gasteiger partial charge < -0.3 is 15.4 Å². The normalized spacial score (nSPS) is 20.2. The van der Waals surface area contributed by atoms with E-state index in [1.54, 1.807) is 11.8 Å². The average molecular weight is 395 g/mol. The Labute approximate surface area is 165 Å². The topological polar surface area (TPSA) is 99.2 Å². The molecule has 1 aliphatic rings. The molecule has 8 nitrogen and oxygen atoms in total. The zero-order valence-electron chi connectivity index (χ0n) is 15.9. The molecular weight excluding hydrogens is 368 g/mol. The van der Waals surface area contributed by atoms with E-state index >= 15 is 0 Å². The maximum atomic E-state index is 13.4. The van der Waals surface area contributed by atoms with E-state index in [0.29, 0.717) is 31.3 Å². The smallest absolute Gasteiger partial charge is 0.248 e. The number of likely N-dealkylation sites (tertiary alicyclic amines) is 1. The number of methoxy groups -OCH3 is 1. The highest BCUT2D eigenvalue weighted by molar-refractivity contribution is 5.85. The number of aryl methyl sites for hydroxylation is 1. The van der Waals surface area contributed by atoms with Crippen LogP contribution in [0.3, 0.4) is 0 Å². The SMILES string of the molecule is COc1cccc(CC(C(=O)N2CC(CN)CC2C)n2nnnc2C)c1.Cl. The Hall–Kier alpha value is -2.19. The molecule has 148 valence electrons. The van der Waals surface area contributed by atoms with Crippen molar-refractivity contribution in [2.75, 3.05) is 20.2 Å². The first-order valence-corrected chi connectivity index (χ1v) is 8.91. The minimum Gasteiger partial charge on any atom is -0.497 e. The lowest BCUT2D eigenvalue weighted by molar-refractivity contribution is -0.135. The Morgan fingerprint density at radius 2 is 2.22 bits per heavy atom. The van der Waals surface area contributed by atoms with Crippen molar-refractivity contribution >= 4 is 18.3 Å². The van der Waals surface area contributed by atoms with E-state index in [0.717, 1.165) is 17.7 Å². The molecule has 1 aliphatic heterocycles. The summed E-state index contributed by atoms with van der Waals surface area (Å²) in [5.41, 5.74) is 6.82. The zero-order chi connectivity index (χ0) is 18.7. The summed E-state index contributed by atoms with van der Waals surface area (Å²) in [4.78, 5) is 15.3. The largest absolute Gasteiger partial charge is 0.497 e. The fraction of sp³-hybridized carbons (Fsp3) is 0.556. The molecule has 2 N–H and O–H groups in total. The van der Waals surface area contributed by atoms with Gasteiger partial charge in [0.15, 0.2) is 0 Å². The van der Waals surface area contributed by atoms with Gasteiger partial charge in [-0.2, -0.15) is 0 Å². The van der Waals surface area contributed by atoms with Crippen molar-refractivity contribution in [2.45, 2.75) is 38.8 Å². The van der Waals surface area contributed by atoms with Crippen LogP contribution in [0.15, 0.2) is 24.3 Å². The van der Waals surface area contributed by atoms with Crippen LogP contribution in [-0.4, -0.2) is 57.3 Å². The summed E-state index contributed by atoms with van der Waals surface area (Å²) in [6, 6.07) is 7.41. The van der Waals surface area contributed by atoms with Crippen LogP contribution in [0.1, 0.15) is 30.8 Å². The number of hydrogen-bond acceptors (Lipinski definition) is 6. The molecule has 1 aromatic heterocycles. The molecule has 9 heteroatoms. The van der Waals surface area contributed by atoms with E-state index in [-0.39, 0.29) is 24.4 Å². The quantitative estimate of drug-likeness (QED) is 0.794. The van der Waals surface area contributed by atoms with E-state index in [2.05, 4.69) is 22.4 Å². The third-order valence-electron chi connectivity index (χ3n) is 5.08. The molecule has 3 rings (SSSR count). The molecule has 0 aliphatic carbocycles. The molecule has 2 aromatic rings. The van der Waals surface area contributed by atoms with Gasteiger partial charge in [0.1, 0.15) is 17.6 Å². The van der Waals surface area contributed by atoms with Crippen molar-refractivity contribution in [3.8, 4) is 5.75 Å². The molecule has 1 aromatic carbocycles. The molecule has 3 atom stereocenters. The van der Waals surface area contributed by atoms with Crippen LogP contribution < -0.4 is 10.5 Å². The van der Waals surface area contributed by atoms with Crippen molar-refractivity contribution in [3.63, 3.8) is 0 Å². The highest BCUT2D eigenvalue weighted by Gasteiger charge is 2.36. The van der Waals surface area contributed by atoms with Gasteiger partial charge in [-0.05, 0) is 60.9 Å². The van der Waals surface area contributed by atoms with Crippen molar-refractivity contribution in [2.24, 2.45) is 11.7 Å². The number of benzene rings is 1. The number of nitrogens with zero attached hydrogens (tertiary/aromatic N) is 5. The van der Waals surface area contributed by atoms with Gasteiger partial charge in [0.2, 0.25) is 5.91 Å². The van der Waals surface area contributed by atoms with Crippen LogP contribution in [0.25, 0.3) is 0 Å². The number of aromatic nitrogens is 4. The molecule has 27 heavy (non-hydrogen) atoms. The number of tetrazole rings is 1. The molecule has 0 saturated carbocycles. The maximum Gasteiger partial charge on any atom is 0.248 e. The molecule has 0 spiro atoms. The lowest BCUT2D eigenvalue weighted by Gasteiger charge is -2.27. The maximum absolute atomic E-state index is 13.4. The zero-order valence-corrected chi connectivity index (χ0v) is 16.7. The summed E-state index contributed by atoms with van der Waals surface area (Å²) in [6.07, 6.45) is 1.43. The van der Waals surface area contributed by atoms with Crippen molar-refractivity contribution in [1.29, 1.82) is 0 Å². The fourth-order valence-corrected chi connectivity index (χ4v) is 3.64. The Kier molecular flexibility index (Phi) is 7.15. The van der Waals surface area contributed by atoms with Crippen LogP contribution >= 0.6 is 12.4 Å². The summed E-state index contributed by atoms with van der Waals surface area (Å²) in [7, 11) is 1.63.